The molecule has 1 aliphatic heterocycles. The summed E-state index contributed by atoms with van der Waals surface area (Å²) in [4.78, 5) is 90.2. The lowest BCUT2D eigenvalue weighted by molar-refractivity contribution is -0.148. The van der Waals surface area contributed by atoms with Crippen LogP contribution in [0.5, 0.6) is 0 Å². The molecule has 2 aromatic rings. The molecule has 0 bridgehead atoms. The summed E-state index contributed by atoms with van der Waals surface area (Å²) in [5, 5.41) is 11.1. The monoisotopic (exact) mass is 661 g/mol. The van der Waals surface area contributed by atoms with Gasteiger partial charge < -0.3 is 26.2 Å². The maximum atomic E-state index is 14.5. The zero-order valence-corrected chi connectivity index (χ0v) is 28.5. The summed E-state index contributed by atoms with van der Waals surface area (Å²) in [6.07, 6.45) is 6.74. The number of fused-ring (bicyclic) bond motifs is 1. The van der Waals surface area contributed by atoms with Crippen LogP contribution in [0.3, 0.4) is 0 Å². The Morgan fingerprint density at radius 3 is 2.23 bits per heavy atom. The largest absolute Gasteiger partial charge is 0.347 e. The van der Waals surface area contributed by atoms with Crippen LogP contribution in [0.25, 0.3) is 0 Å². The number of aromatic nitrogens is 2. The molecule has 0 saturated heterocycles. The lowest BCUT2D eigenvalue weighted by atomic mass is 9.83. The van der Waals surface area contributed by atoms with E-state index in [0.29, 0.717) is 6.42 Å². The molecule has 13 heteroatoms. The molecule has 1 aromatic carbocycles. The Morgan fingerprint density at radius 2 is 1.65 bits per heavy atom. The molecule has 258 valence electrons. The second-order valence-electron chi connectivity index (χ2n) is 14.0. The quantitative estimate of drug-likeness (QED) is 0.235. The highest BCUT2D eigenvalue weighted by Crippen LogP contribution is 2.29. The first-order valence-electron chi connectivity index (χ1n) is 16.6. The van der Waals surface area contributed by atoms with Crippen molar-refractivity contribution in [2.24, 2.45) is 11.3 Å². The number of hydrogen-bond acceptors (Lipinski definition) is 8. The van der Waals surface area contributed by atoms with Crippen molar-refractivity contribution in [1.82, 2.24) is 36.1 Å². The standard InChI is InChI=1S/C35H47N7O6/c1-7-10-24(28(43)33(47)38-23-13-14-23)39-31(45)26-17-21-11-8-9-12-22(21)19-42(26)34(48)29(35(4,5)6)41-32(46)27(20(2)3)40-30(44)25-18-36-15-16-37-25/h8-9,11-12,15-16,18,20,23-24,26-27,29H,7,10,13-14,17,19H2,1-6H3,(H,38,47)(H,39,45)(H,40,44)(H,41,46)/t24?,26-,27-,29+/m0/s1. The van der Waals surface area contributed by atoms with Gasteiger partial charge >= 0.3 is 0 Å². The zero-order valence-electron chi connectivity index (χ0n) is 28.5. The average molecular weight is 662 g/mol. The van der Waals surface area contributed by atoms with Gasteiger partial charge in [-0.25, -0.2) is 4.98 Å². The molecule has 48 heavy (non-hydrogen) atoms. The summed E-state index contributed by atoms with van der Waals surface area (Å²) < 4.78 is 0. The van der Waals surface area contributed by atoms with E-state index in [1.807, 2.05) is 31.2 Å². The molecule has 5 amide bonds. The van der Waals surface area contributed by atoms with Crippen molar-refractivity contribution in [3.63, 3.8) is 0 Å². The number of carbonyl (C=O) groups is 6. The highest BCUT2D eigenvalue weighted by molar-refractivity contribution is 6.38. The van der Waals surface area contributed by atoms with Gasteiger partial charge in [0.05, 0.1) is 12.2 Å². The van der Waals surface area contributed by atoms with Crippen molar-refractivity contribution in [2.75, 3.05) is 0 Å². The van der Waals surface area contributed by atoms with E-state index in [1.54, 1.807) is 34.6 Å². The maximum Gasteiger partial charge on any atom is 0.289 e. The number of carbonyl (C=O) groups excluding carboxylic acids is 6. The van der Waals surface area contributed by atoms with Crippen molar-refractivity contribution in [2.45, 2.75) is 110 Å². The van der Waals surface area contributed by atoms with E-state index in [9.17, 15) is 28.8 Å². The number of hydrogen-bond donors (Lipinski definition) is 4. The minimum Gasteiger partial charge on any atom is -0.347 e. The number of Topliss-reactive ketones (excluding diaryl/α,β-unsaturated/α-hetero) is 1. The van der Waals surface area contributed by atoms with Gasteiger partial charge in [0.1, 0.15) is 23.8 Å². The van der Waals surface area contributed by atoms with E-state index < -0.39 is 64.9 Å². The van der Waals surface area contributed by atoms with Crippen LogP contribution in [0, 0.1) is 11.3 Å². The summed E-state index contributed by atoms with van der Waals surface area (Å²) in [5.41, 5.74) is 0.984. The topological polar surface area (TPSA) is 180 Å². The van der Waals surface area contributed by atoms with Gasteiger partial charge in [0.25, 0.3) is 11.8 Å². The molecule has 1 saturated carbocycles. The Balaban J connectivity index is 1.59. The van der Waals surface area contributed by atoms with Gasteiger partial charge in [-0.05, 0) is 41.7 Å². The molecule has 1 aliphatic carbocycles. The number of ketones is 1. The van der Waals surface area contributed by atoms with Gasteiger partial charge in [0.15, 0.2) is 0 Å². The fourth-order valence-electron chi connectivity index (χ4n) is 5.67. The van der Waals surface area contributed by atoms with E-state index in [0.717, 1.165) is 24.0 Å². The first-order valence-corrected chi connectivity index (χ1v) is 16.6. The van der Waals surface area contributed by atoms with Gasteiger partial charge in [-0.3, -0.25) is 33.8 Å². The number of nitrogens with zero attached hydrogens (tertiary/aromatic N) is 3. The summed E-state index contributed by atoms with van der Waals surface area (Å²) in [7, 11) is 0. The number of benzene rings is 1. The normalized spacial score (nSPS) is 17.7. The van der Waals surface area contributed by atoms with E-state index in [2.05, 4.69) is 31.2 Å². The Hall–Kier alpha value is -4.68. The lowest BCUT2D eigenvalue weighted by Gasteiger charge is -2.41. The van der Waals surface area contributed by atoms with Crippen molar-refractivity contribution in [1.29, 1.82) is 0 Å². The molecular weight excluding hydrogens is 614 g/mol. The van der Waals surface area contributed by atoms with Gasteiger partial charge in [-0.2, -0.15) is 0 Å². The van der Waals surface area contributed by atoms with E-state index >= 15 is 0 Å². The number of rotatable bonds is 13. The van der Waals surface area contributed by atoms with Crippen LogP contribution < -0.4 is 21.3 Å². The maximum absolute atomic E-state index is 14.5. The van der Waals surface area contributed by atoms with Crippen LogP contribution in [0.15, 0.2) is 42.9 Å². The van der Waals surface area contributed by atoms with Crippen LogP contribution in [-0.2, 0) is 36.9 Å². The Bertz CT molecular complexity index is 1520. The molecular formula is C35H47N7O6. The smallest absolute Gasteiger partial charge is 0.289 e. The van der Waals surface area contributed by atoms with Crippen molar-refractivity contribution in [3.8, 4) is 0 Å². The third-order valence-electron chi connectivity index (χ3n) is 8.61. The zero-order chi connectivity index (χ0) is 35.2. The number of amides is 5. The third kappa shape index (κ3) is 9.02. The van der Waals surface area contributed by atoms with Gasteiger partial charge in [-0.15, -0.1) is 0 Å². The predicted octanol–water partition coefficient (Wildman–Crippen LogP) is 1.85. The molecule has 4 atom stereocenters. The first-order chi connectivity index (χ1) is 22.7. The molecule has 1 aromatic heterocycles. The minimum absolute atomic E-state index is 0.0115. The van der Waals surface area contributed by atoms with Gasteiger partial charge in [-0.1, -0.05) is 72.2 Å². The second-order valence-corrected chi connectivity index (χ2v) is 14.0. The fourth-order valence-corrected chi connectivity index (χ4v) is 5.67. The first kappa shape index (κ1) is 36.2. The average Bonchev–Trinajstić information content (AvgIpc) is 3.88. The Morgan fingerprint density at radius 1 is 0.958 bits per heavy atom. The molecule has 1 unspecified atom stereocenters. The molecule has 2 aliphatic rings. The SMILES string of the molecule is CCCC(NC(=O)[C@@H]1Cc2ccccc2CN1C(=O)[C@@H](NC(=O)[C@@H](NC(=O)c1cnccn1)C(C)C)C(C)(C)C)C(=O)C(=O)NC1CC1. The second kappa shape index (κ2) is 15.5. The van der Waals surface area contributed by atoms with Crippen LogP contribution in [-0.4, -0.2) is 80.4 Å². The summed E-state index contributed by atoms with van der Waals surface area (Å²) in [6, 6.07) is 3.34. The van der Waals surface area contributed by atoms with Crippen molar-refractivity contribution >= 4 is 35.3 Å². The number of nitrogens with one attached hydrogen (secondary N) is 4. The molecule has 0 radical (unpaired) electrons. The van der Waals surface area contributed by atoms with Crippen molar-refractivity contribution < 1.29 is 28.8 Å². The van der Waals surface area contributed by atoms with Crippen molar-refractivity contribution in [3.05, 3.63) is 59.7 Å². The minimum atomic E-state index is -1.09. The van der Waals surface area contributed by atoms with E-state index in [4.69, 9.17) is 0 Å². The van der Waals surface area contributed by atoms with Crippen LogP contribution in [0.4, 0.5) is 0 Å². The molecule has 4 N–H and O–H groups in total. The van der Waals surface area contributed by atoms with E-state index in [-0.39, 0.29) is 37.0 Å². The highest BCUT2D eigenvalue weighted by atomic mass is 16.2. The third-order valence-corrected chi connectivity index (χ3v) is 8.61. The summed E-state index contributed by atoms with van der Waals surface area (Å²) in [6.45, 7) is 10.9. The molecule has 1 fully saturated rings. The Labute approximate surface area is 281 Å². The summed E-state index contributed by atoms with van der Waals surface area (Å²) >= 11 is 0. The lowest BCUT2D eigenvalue weighted by Crippen LogP contribution is -2.63. The van der Waals surface area contributed by atoms with E-state index in [1.165, 1.54) is 23.5 Å². The van der Waals surface area contributed by atoms with Crippen LogP contribution >= 0.6 is 0 Å². The van der Waals surface area contributed by atoms with Crippen LogP contribution in [0.2, 0.25) is 0 Å². The molecule has 0 spiro atoms. The van der Waals surface area contributed by atoms with Gasteiger partial charge in [0.2, 0.25) is 23.5 Å². The molecule has 4 rings (SSSR count). The highest BCUT2D eigenvalue weighted by Gasteiger charge is 2.44. The fraction of sp³-hybridized carbons (Fsp3) is 0.543. The molecule has 13 nitrogen and oxygen atoms in total. The summed E-state index contributed by atoms with van der Waals surface area (Å²) in [5.74, 6) is -3.97. The van der Waals surface area contributed by atoms with Crippen LogP contribution in [0.1, 0.15) is 88.8 Å². The Kier molecular flexibility index (Phi) is 11.7. The van der Waals surface area contributed by atoms with Gasteiger partial charge in [0, 0.05) is 31.4 Å². The molecule has 2 heterocycles. The predicted molar refractivity (Wildman–Crippen MR) is 177 cm³/mol.